The maximum absolute atomic E-state index is 12.8. The summed E-state index contributed by atoms with van der Waals surface area (Å²) in [7, 11) is 5.50. The summed E-state index contributed by atoms with van der Waals surface area (Å²) in [6, 6.07) is 12.2. The van der Waals surface area contributed by atoms with Crippen molar-refractivity contribution in [3.63, 3.8) is 0 Å². The molecule has 0 aliphatic heterocycles. The van der Waals surface area contributed by atoms with E-state index in [1.54, 1.807) is 54.5 Å². The number of benzene rings is 2. The summed E-state index contributed by atoms with van der Waals surface area (Å²) in [5.41, 5.74) is 1.61. The van der Waals surface area contributed by atoms with Crippen LogP contribution in [-0.2, 0) is 11.3 Å². The zero-order valence-corrected chi connectivity index (χ0v) is 16.6. The molecule has 2 rings (SSSR count). The summed E-state index contributed by atoms with van der Waals surface area (Å²) in [5, 5.41) is 10.2. The van der Waals surface area contributed by atoms with Gasteiger partial charge in [-0.3, -0.25) is 4.79 Å². The Labute approximate surface area is 165 Å². The molecule has 27 heavy (non-hydrogen) atoms. The molecule has 0 unspecified atom stereocenters. The molecule has 5 nitrogen and oxygen atoms in total. The molecule has 0 spiro atoms. The predicted octanol–water partition coefficient (Wildman–Crippen LogP) is 3.66. The van der Waals surface area contributed by atoms with Crippen LogP contribution in [0.2, 0.25) is 5.02 Å². The van der Waals surface area contributed by atoms with Gasteiger partial charge >= 0.3 is 0 Å². The van der Waals surface area contributed by atoms with Gasteiger partial charge in [0.15, 0.2) is 0 Å². The monoisotopic (exact) mass is 388 g/mol. The maximum Gasteiger partial charge on any atom is 0.246 e. The number of rotatable bonds is 8. The van der Waals surface area contributed by atoms with Crippen LogP contribution in [0.4, 0.5) is 0 Å². The minimum absolute atomic E-state index is 0.123. The molecule has 0 radical (unpaired) electrons. The molecule has 144 valence electrons. The topological polar surface area (TPSA) is 53.0 Å². The van der Waals surface area contributed by atoms with Gasteiger partial charge in [0.25, 0.3) is 0 Å². The Balaban J connectivity index is 2.18. The second-order valence-corrected chi connectivity index (χ2v) is 6.89. The van der Waals surface area contributed by atoms with Gasteiger partial charge in [-0.15, -0.1) is 0 Å². The summed E-state index contributed by atoms with van der Waals surface area (Å²) in [6.45, 7) is 1.72. The Morgan fingerprint density at radius 1 is 1.19 bits per heavy atom. The van der Waals surface area contributed by atoms with Crippen LogP contribution in [-0.4, -0.2) is 55.1 Å². The SMILES string of the molecule is COc1ccc(Cl)cc1C=CC(=O)N(CCN(C)C)Cc1cccc(O)c1. The number of carbonyl (C=O) groups is 1. The molecule has 1 amide bonds. The molecule has 0 fully saturated rings. The minimum atomic E-state index is -0.123. The molecular weight excluding hydrogens is 364 g/mol. The van der Waals surface area contributed by atoms with Crippen molar-refractivity contribution in [3.05, 3.63) is 64.7 Å². The number of ether oxygens (including phenoxy) is 1. The Morgan fingerprint density at radius 2 is 1.96 bits per heavy atom. The van der Waals surface area contributed by atoms with Gasteiger partial charge in [-0.25, -0.2) is 0 Å². The summed E-state index contributed by atoms with van der Waals surface area (Å²) < 4.78 is 5.31. The van der Waals surface area contributed by atoms with Crippen molar-refractivity contribution >= 4 is 23.6 Å². The summed E-state index contributed by atoms with van der Waals surface area (Å²) in [5.74, 6) is 0.713. The first-order valence-corrected chi connectivity index (χ1v) is 9.00. The Kier molecular flexibility index (Phi) is 7.70. The lowest BCUT2D eigenvalue weighted by atomic mass is 10.1. The van der Waals surface area contributed by atoms with Gasteiger partial charge in [0.05, 0.1) is 7.11 Å². The van der Waals surface area contributed by atoms with Gasteiger partial charge in [0.1, 0.15) is 11.5 Å². The molecule has 0 saturated carbocycles. The quantitative estimate of drug-likeness (QED) is 0.701. The number of hydrogen-bond acceptors (Lipinski definition) is 4. The third-order valence-corrected chi connectivity index (χ3v) is 4.25. The number of hydrogen-bond donors (Lipinski definition) is 1. The fraction of sp³-hybridized carbons (Fsp3) is 0.286. The zero-order chi connectivity index (χ0) is 19.8. The van der Waals surface area contributed by atoms with E-state index in [1.807, 2.05) is 25.1 Å². The molecule has 0 saturated heterocycles. The van der Waals surface area contributed by atoms with Crippen molar-refractivity contribution in [1.29, 1.82) is 0 Å². The Hall–Kier alpha value is -2.50. The second-order valence-electron chi connectivity index (χ2n) is 6.45. The number of carbonyl (C=O) groups excluding carboxylic acids is 1. The smallest absolute Gasteiger partial charge is 0.246 e. The first-order valence-electron chi connectivity index (χ1n) is 8.62. The highest BCUT2D eigenvalue weighted by molar-refractivity contribution is 6.30. The van der Waals surface area contributed by atoms with Gasteiger partial charge in [0.2, 0.25) is 5.91 Å². The number of aromatic hydroxyl groups is 1. The summed E-state index contributed by atoms with van der Waals surface area (Å²) in [6.07, 6.45) is 3.23. The average molecular weight is 389 g/mol. The first-order chi connectivity index (χ1) is 12.9. The van der Waals surface area contributed by atoms with Crippen molar-refractivity contribution in [2.45, 2.75) is 6.54 Å². The van der Waals surface area contributed by atoms with Crippen LogP contribution in [0.5, 0.6) is 11.5 Å². The highest BCUT2D eigenvalue weighted by Gasteiger charge is 2.12. The fourth-order valence-electron chi connectivity index (χ4n) is 2.57. The van der Waals surface area contributed by atoms with Gasteiger partial charge < -0.3 is 19.6 Å². The van der Waals surface area contributed by atoms with Crippen LogP contribution in [0, 0.1) is 0 Å². The molecule has 2 aromatic rings. The van der Waals surface area contributed by atoms with E-state index in [1.165, 1.54) is 6.08 Å². The van der Waals surface area contributed by atoms with E-state index < -0.39 is 0 Å². The first kappa shape index (κ1) is 20.8. The van der Waals surface area contributed by atoms with Gasteiger partial charge in [-0.05, 0) is 56.1 Å². The van der Waals surface area contributed by atoms with Crippen LogP contribution < -0.4 is 4.74 Å². The molecular formula is C21H25ClN2O3. The maximum atomic E-state index is 12.8. The largest absolute Gasteiger partial charge is 0.508 e. The predicted molar refractivity (Wildman–Crippen MR) is 109 cm³/mol. The summed E-state index contributed by atoms with van der Waals surface area (Å²) in [4.78, 5) is 16.5. The minimum Gasteiger partial charge on any atom is -0.508 e. The van der Waals surface area contributed by atoms with Gasteiger partial charge in [0, 0.05) is 36.3 Å². The van der Waals surface area contributed by atoms with Gasteiger partial charge in [-0.2, -0.15) is 0 Å². The molecule has 0 heterocycles. The molecule has 6 heteroatoms. The molecule has 0 aromatic heterocycles. The van der Waals surface area contributed by atoms with E-state index in [9.17, 15) is 9.90 Å². The average Bonchev–Trinajstić information content (AvgIpc) is 2.63. The number of nitrogens with zero attached hydrogens (tertiary/aromatic N) is 2. The number of halogens is 1. The van der Waals surface area contributed by atoms with E-state index in [0.717, 1.165) is 17.7 Å². The lowest BCUT2D eigenvalue weighted by Crippen LogP contribution is -2.35. The highest BCUT2D eigenvalue weighted by atomic mass is 35.5. The summed E-state index contributed by atoms with van der Waals surface area (Å²) >= 11 is 6.04. The molecule has 0 bridgehead atoms. The fourth-order valence-corrected chi connectivity index (χ4v) is 2.75. The zero-order valence-electron chi connectivity index (χ0n) is 15.9. The second kappa shape index (κ2) is 10.00. The molecule has 0 atom stereocenters. The van der Waals surface area contributed by atoms with Crippen LogP contribution in [0.3, 0.4) is 0 Å². The van der Waals surface area contributed by atoms with E-state index in [2.05, 4.69) is 0 Å². The van der Waals surface area contributed by atoms with Crippen LogP contribution in [0.25, 0.3) is 6.08 Å². The molecule has 0 aliphatic rings. The standard InChI is InChI=1S/C21H25ClN2O3/c1-23(2)11-12-24(15-16-5-4-6-19(25)13-16)21(26)10-7-17-14-18(22)8-9-20(17)27-3/h4-10,13-14,25H,11-12,15H2,1-3H3. The van der Waals surface area contributed by atoms with Crippen molar-refractivity contribution in [1.82, 2.24) is 9.80 Å². The molecule has 0 aliphatic carbocycles. The number of likely N-dealkylation sites (N-methyl/N-ethyl adjacent to an activating group) is 1. The normalized spacial score (nSPS) is 11.1. The number of amides is 1. The third kappa shape index (κ3) is 6.62. The van der Waals surface area contributed by atoms with E-state index in [0.29, 0.717) is 23.9 Å². The van der Waals surface area contributed by atoms with E-state index in [4.69, 9.17) is 16.3 Å². The van der Waals surface area contributed by atoms with E-state index >= 15 is 0 Å². The Morgan fingerprint density at radius 3 is 2.63 bits per heavy atom. The third-order valence-electron chi connectivity index (χ3n) is 4.01. The lowest BCUT2D eigenvalue weighted by molar-refractivity contribution is -0.126. The Bertz CT molecular complexity index is 806. The van der Waals surface area contributed by atoms with Crippen LogP contribution in [0.1, 0.15) is 11.1 Å². The van der Waals surface area contributed by atoms with Crippen molar-refractivity contribution in [3.8, 4) is 11.5 Å². The van der Waals surface area contributed by atoms with E-state index in [-0.39, 0.29) is 11.7 Å². The number of phenolic OH excluding ortho intramolecular Hbond substituents is 1. The molecule has 2 aromatic carbocycles. The highest BCUT2D eigenvalue weighted by Crippen LogP contribution is 2.24. The van der Waals surface area contributed by atoms with Crippen molar-refractivity contribution in [2.75, 3.05) is 34.3 Å². The van der Waals surface area contributed by atoms with Crippen LogP contribution >= 0.6 is 11.6 Å². The van der Waals surface area contributed by atoms with Crippen molar-refractivity contribution in [2.24, 2.45) is 0 Å². The molecule has 1 N–H and O–H groups in total. The number of methoxy groups -OCH3 is 1. The number of phenols is 1. The van der Waals surface area contributed by atoms with Crippen LogP contribution in [0.15, 0.2) is 48.5 Å². The lowest BCUT2D eigenvalue weighted by Gasteiger charge is -2.23. The van der Waals surface area contributed by atoms with Crippen molar-refractivity contribution < 1.29 is 14.6 Å². The van der Waals surface area contributed by atoms with Gasteiger partial charge in [-0.1, -0.05) is 23.7 Å².